The van der Waals surface area contributed by atoms with Crippen LogP contribution < -0.4 is 0 Å². The Balaban J connectivity index is 1.31. The fourth-order valence-electron chi connectivity index (χ4n) is 8.27. The quantitative estimate of drug-likeness (QED) is 0.0434. The van der Waals surface area contributed by atoms with Gasteiger partial charge in [-0.3, -0.25) is 14.4 Å². The van der Waals surface area contributed by atoms with Crippen LogP contribution in [0.2, 0.25) is 0 Å². The second kappa shape index (κ2) is 25.6. The smallest absolute Gasteiger partial charge is 0.334 e. The summed E-state index contributed by atoms with van der Waals surface area (Å²) in [5.41, 5.74) is 0.847. The minimum Gasteiger partial charge on any atom is -0.463 e. The second-order valence-electron chi connectivity index (χ2n) is 15.8. The maximum absolute atomic E-state index is 12.0. The normalized spacial score (nSPS) is 24.4. The van der Waals surface area contributed by atoms with Crippen LogP contribution in [0.25, 0.3) is 0 Å². The van der Waals surface area contributed by atoms with Crippen LogP contribution in [0, 0.1) is 0 Å². The highest BCUT2D eigenvalue weighted by molar-refractivity contribution is 5.90. The lowest BCUT2D eigenvalue weighted by atomic mass is 9.99. The Morgan fingerprint density at radius 1 is 0.623 bits per heavy atom. The van der Waals surface area contributed by atoms with Gasteiger partial charge in [-0.05, 0) is 103 Å². The Kier molecular flexibility index (Phi) is 21.7. The Hall–Kier alpha value is -2.46. The molecule has 3 rings (SSSR count). The summed E-state index contributed by atoms with van der Waals surface area (Å²) in [6.45, 7) is 8.46. The Morgan fingerprint density at radius 2 is 1.06 bits per heavy atom. The van der Waals surface area contributed by atoms with E-state index in [1.807, 2.05) is 13.0 Å². The second-order valence-corrected chi connectivity index (χ2v) is 15.8. The van der Waals surface area contributed by atoms with Gasteiger partial charge in [0.15, 0.2) is 0 Å². The fourth-order valence-corrected chi connectivity index (χ4v) is 8.27. The van der Waals surface area contributed by atoms with Crippen molar-refractivity contribution in [1.29, 1.82) is 0 Å². The molecule has 0 saturated carbocycles. The van der Waals surface area contributed by atoms with E-state index in [1.54, 1.807) is 0 Å². The van der Waals surface area contributed by atoms with Crippen LogP contribution in [-0.4, -0.2) is 72.7 Å². The van der Waals surface area contributed by atoms with Gasteiger partial charge in [-0.2, -0.15) is 0 Å². The fraction of sp³-hybridized carbons (Fsp3) is 0.860. The molecule has 10 heteroatoms. The van der Waals surface area contributed by atoms with Crippen molar-refractivity contribution in [3.63, 3.8) is 0 Å². The maximum Gasteiger partial charge on any atom is 0.334 e. The highest BCUT2D eigenvalue weighted by Gasteiger charge is 2.42. The van der Waals surface area contributed by atoms with Gasteiger partial charge in [0, 0.05) is 26.3 Å². The van der Waals surface area contributed by atoms with Crippen molar-refractivity contribution in [2.75, 3.05) is 0 Å². The predicted molar refractivity (Wildman–Crippen MR) is 204 cm³/mol. The first-order chi connectivity index (χ1) is 25.5. The molecule has 0 aromatic carbocycles. The standard InChI is InChI=1S/C43H72O10/c1-6-7-16-22-36(49-32(3)44)23-19-20-25-38(51-34(5)46)40-27-29-42(53-40)41-28-26-39(52-41)37(50-33(4)45)24-18-15-13-11-9-8-10-12-14-17-21-35-30-31(2)48-43(35)47/h30-31,36-42H,6-29H2,1-5H3/t31-,36?,37-,38-,39-,40+,41-,42-/m0/s1. The van der Waals surface area contributed by atoms with Gasteiger partial charge in [-0.1, -0.05) is 71.1 Å². The number of carbonyl (C=O) groups is 4. The summed E-state index contributed by atoms with van der Waals surface area (Å²) in [5, 5.41) is 0. The zero-order valence-corrected chi connectivity index (χ0v) is 33.7. The van der Waals surface area contributed by atoms with Crippen molar-refractivity contribution in [1.82, 2.24) is 0 Å². The average molecular weight is 749 g/mol. The number of cyclic esters (lactones) is 1. The Bertz CT molecular complexity index is 1120. The molecule has 1 unspecified atom stereocenters. The van der Waals surface area contributed by atoms with E-state index in [0.717, 1.165) is 115 Å². The number of carbonyl (C=O) groups excluding carboxylic acids is 4. The molecule has 2 saturated heterocycles. The number of ether oxygens (including phenoxy) is 6. The topological polar surface area (TPSA) is 124 Å². The van der Waals surface area contributed by atoms with E-state index in [-0.39, 0.29) is 72.7 Å². The first-order valence-electron chi connectivity index (χ1n) is 21.3. The summed E-state index contributed by atoms with van der Waals surface area (Å²) >= 11 is 0. The van der Waals surface area contributed by atoms with Crippen LogP contribution in [0.3, 0.4) is 0 Å². The summed E-state index contributed by atoms with van der Waals surface area (Å²) in [6.07, 6.45) is 25.0. The third-order valence-electron chi connectivity index (χ3n) is 11.0. The van der Waals surface area contributed by atoms with Crippen molar-refractivity contribution in [3.05, 3.63) is 11.6 Å². The number of hydrogen-bond acceptors (Lipinski definition) is 10. The molecule has 0 spiro atoms. The Labute approximate surface area is 320 Å². The molecule has 10 nitrogen and oxygen atoms in total. The van der Waals surface area contributed by atoms with E-state index in [4.69, 9.17) is 28.4 Å². The molecular weight excluding hydrogens is 676 g/mol. The SMILES string of the molecule is CCCCCC(CCCC[C@H](OC(C)=O)[C@H]1CC[C@@H]([C@@H]2CC[C@@H]([C@H](CCCCCCCCCCCCC3=C[C@H](C)OC3=O)OC(C)=O)O2)O1)OC(C)=O. The van der Waals surface area contributed by atoms with Gasteiger partial charge >= 0.3 is 23.9 Å². The summed E-state index contributed by atoms with van der Waals surface area (Å²) in [7, 11) is 0. The molecule has 0 N–H and O–H groups in total. The van der Waals surface area contributed by atoms with Crippen LogP contribution in [0.15, 0.2) is 11.6 Å². The van der Waals surface area contributed by atoms with E-state index >= 15 is 0 Å². The maximum atomic E-state index is 12.0. The molecule has 0 aromatic rings. The van der Waals surface area contributed by atoms with Gasteiger partial charge in [0.2, 0.25) is 0 Å². The van der Waals surface area contributed by atoms with Crippen molar-refractivity contribution in [2.24, 2.45) is 0 Å². The summed E-state index contributed by atoms with van der Waals surface area (Å²) in [6, 6.07) is 0. The van der Waals surface area contributed by atoms with E-state index in [0.29, 0.717) is 6.42 Å². The molecule has 53 heavy (non-hydrogen) atoms. The lowest BCUT2D eigenvalue weighted by Crippen LogP contribution is -2.35. The minimum atomic E-state index is -0.312. The zero-order valence-electron chi connectivity index (χ0n) is 33.7. The van der Waals surface area contributed by atoms with Crippen LogP contribution >= 0.6 is 0 Å². The van der Waals surface area contributed by atoms with Crippen molar-refractivity contribution >= 4 is 23.9 Å². The van der Waals surface area contributed by atoms with Gasteiger partial charge < -0.3 is 28.4 Å². The van der Waals surface area contributed by atoms with Crippen LogP contribution in [0.4, 0.5) is 0 Å². The molecule has 0 amide bonds. The zero-order chi connectivity index (χ0) is 38.4. The third-order valence-corrected chi connectivity index (χ3v) is 11.0. The average Bonchev–Trinajstić information content (AvgIpc) is 3.85. The highest BCUT2D eigenvalue weighted by Crippen LogP contribution is 2.36. The van der Waals surface area contributed by atoms with Gasteiger partial charge in [0.1, 0.15) is 24.4 Å². The van der Waals surface area contributed by atoms with Gasteiger partial charge in [0.25, 0.3) is 0 Å². The van der Waals surface area contributed by atoms with Crippen molar-refractivity contribution in [2.45, 2.75) is 238 Å². The monoisotopic (exact) mass is 749 g/mol. The molecule has 3 aliphatic rings. The molecule has 2 fully saturated rings. The number of unbranched alkanes of at least 4 members (excludes halogenated alkanes) is 12. The third kappa shape index (κ3) is 18.2. The summed E-state index contributed by atoms with van der Waals surface area (Å²) in [4.78, 5) is 47.3. The summed E-state index contributed by atoms with van der Waals surface area (Å²) < 4.78 is 35.3. The molecule has 0 aliphatic carbocycles. The van der Waals surface area contributed by atoms with Gasteiger partial charge in [-0.15, -0.1) is 0 Å². The molecule has 0 aromatic heterocycles. The number of hydrogen-bond donors (Lipinski definition) is 0. The van der Waals surface area contributed by atoms with E-state index in [1.165, 1.54) is 59.3 Å². The molecule has 8 atom stereocenters. The predicted octanol–water partition coefficient (Wildman–Crippen LogP) is 9.57. The lowest BCUT2D eigenvalue weighted by Gasteiger charge is -2.27. The van der Waals surface area contributed by atoms with E-state index < -0.39 is 0 Å². The van der Waals surface area contributed by atoms with E-state index in [2.05, 4.69) is 6.92 Å². The molecule has 0 bridgehead atoms. The van der Waals surface area contributed by atoms with E-state index in [9.17, 15) is 19.2 Å². The molecule has 0 radical (unpaired) electrons. The van der Waals surface area contributed by atoms with Crippen molar-refractivity contribution < 1.29 is 47.6 Å². The van der Waals surface area contributed by atoms with Gasteiger partial charge in [-0.25, -0.2) is 4.79 Å². The highest BCUT2D eigenvalue weighted by atomic mass is 16.6. The largest absolute Gasteiger partial charge is 0.463 e. The lowest BCUT2D eigenvalue weighted by molar-refractivity contribution is -0.164. The van der Waals surface area contributed by atoms with Crippen LogP contribution in [-0.2, 0) is 47.6 Å². The van der Waals surface area contributed by atoms with Crippen molar-refractivity contribution in [3.8, 4) is 0 Å². The number of rotatable bonds is 28. The molecular formula is C43H72O10. The minimum absolute atomic E-state index is 0.0566. The molecule has 3 aliphatic heterocycles. The van der Waals surface area contributed by atoms with Gasteiger partial charge in [0.05, 0.1) is 24.4 Å². The molecule has 304 valence electrons. The first-order valence-corrected chi connectivity index (χ1v) is 21.3. The molecule has 3 heterocycles. The first kappa shape index (κ1) is 44.9. The number of esters is 4. The van der Waals surface area contributed by atoms with Crippen LogP contribution in [0.5, 0.6) is 0 Å². The summed E-state index contributed by atoms with van der Waals surface area (Å²) in [5.74, 6) is -0.935. The van der Waals surface area contributed by atoms with Crippen LogP contribution in [0.1, 0.15) is 189 Å². The Morgan fingerprint density at radius 3 is 1.51 bits per heavy atom.